The molecule has 0 bridgehead atoms. The zero-order valence-electron chi connectivity index (χ0n) is 34.7. The minimum absolute atomic E-state index is 0.0661. The summed E-state index contributed by atoms with van der Waals surface area (Å²) in [5, 5.41) is 11.9. The second-order valence-corrected chi connectivity index (χ2v) is 16.4. The van der Waals surface area contributed by atoms with Gasteiger partial charge in [-0.15, -0.1) is 0 Å². The number of methoxy groups -OCH3 is 2. The second kappa shape index (κ2) is 17.6. The van der Waals surface area contributed by atoms with Gasteiger partial charge in [0.15, 0.2) is 0 Å². The molecular formula is C45H55F6N3O5. The molecule has 2 heterocycles. The zero-order chi connectivity index (χ0) is 43.7. The van der Waals surface area contributed by atoms with Gasteiger partial charge in [0.05, 0.1) is 32.9 Å². The van der Waals surface area contributed by atoms with Gasteiger partial charge in [-0.25, -0.2) is 31.1 Å². The molecule has 1 atom stereocenters. The first-order valence-electron chi connectivity index (χ1n) is 19.7. The van der Waals surface area contributed by atoms with Crippen molar-refractivity contribution in [3.8, 4) is 22.6 Å². The Labute approximate surface area is 342 Å². The lowest BCUT2D eigenvalue weighted by atomic mass is 9.69. The first-order valence-corrected chi connectivity index (χ1v) is 19.7. The van der Waals surface area contributed by atoms with Crippen LogP contribution in [0.5, 0.6) is 11.5 Å². The standard InChI is InChI=1S/C45H55F6N3O5/c1-28(2)44(48,49)27-53-19-15-30(16-20-53)32-24-37(58-7)39(38(25-32)59-8)35-14-10-12-33-31(11-9-13-34(33)35)23-36(40(55)56)52(6)41(57)43(45(50,51)29(3)4)17-21-54(22-18-43)26-42(5,46)47/h9-14,24-25,30,36H,1,3,15-23,26-27H2,2,4-8H3,(H,55,56)/t36-/m0/s1. The molecule has 2 fully saturated rings. The summed E-state index contributed by atoms with van der Waals surface area (Å²) in [6.07, 6.45) is 0.141. The van der Waals surface area contributed by atoms with Gasteiger partial charge >= 0.3 is 5.97 Å². The van der Waals surface area contributed by atoms with Crippen LogP contribution in [-0.4, -0.2) is 116 Å². The number of amides is 1. The third-order valence-corrected chi connectivity index (χ3v) is 12.2. The van der Waals surface area contributed by atoms with Crippen LogP contribution in [0.15, 0.2) is 72.8 Å². The summed E-state index contributed by atoms with van der Waals surface area (Å²) < 4.78 is 101. The highest BCUT2D eigenvalue weighted by molar-refractivity contribution is 6.01. The van der Waals surface area contributed by atoms with Crippen molar-refractivity contribution in [3.63, 3.8) is 0 Å². The van der Waals surface area contributed by atoms with Gasteiger partial charge in [0.2, 0.25) is 5.91 Å². The van der Waals surface area contributed by atoms with Gasteiger partial charge in [0.1, 0.15) is 23.0 Å². The number of hydrogen-bond donors (Lipinski definition) is 1. The van der Waals surface area contributed by atoms with Gasteiger partial charge < -0.3 is 19.5 Å². The van der Waals surface area contributed by atoms with E-state index in [2.05, 4.69) is 13.2 Å². The van der Waals surface area contributed by atoms with Crippen molar-refractivity contribution < 1.29 is 50.5 Å². The third-order valence-electron chi connectivity index (χ3n) is 12.2. The van der Waals surface area contributed by atoms with Crippen molar-refractivity contribution in [1.29, 1.82) is 0 Å². The molecule has 2 aliphatic rings. The fraction of sp³-hybridized carbons (Fsp3) is 0.511. The highest BCUT2D eigenvalue weighted by atomic mass is 19.3. The Kier molecular flexibility index (Phi) is 13.6. The number of rotatable bonds is 16. The first-order chi connectivity index (χ1) is 27.6. The average molecular weight is 832 g/mol. The molecule has 0 spiro atoms. The molecule has 322 valence electrons. The molecule has 59 heavy (non-hydrogen) atoms. The first kappa shape index (κ1) is 45.5. The number of nitrogens with zero attached hydrogens (tertiary/aromatic N) is 3. The van der Waals surface area contributed by atoms with E-state index in [1.165, 1.54) is 33.1 Å². The molecule has 0 radical (unpaired) electrons. The number of carboxylic acids is 1. The van der Waals surface area contributed by atoms with Crippen LogP contribution in [0.3, 0.4) is 0 Å². The van der Waals surface area contributed by atoms with Crippen LogP contribution in [0.2, 0.25) is 0 Å². The van der Waals surface area contributed by atoms with E-state index in [9.17, 15) is 32.3 Å². The van der Waals surface area contributed by atoms with Gasteiger partial charge in [0.25, 0.3) is 17.8 Å². The number of piperidine rings is 2. The molecule has 1 amide bonds. The van der Waals surface area contributed by atoms with Crippen LogP contribution in [0.1, 0.15) is 63.5 Å². The topological polar surface area (TPSA) is 82.5 Å². The second-order valence-electron chi connectivity index (χ2n) is 16.4. The van der Waals surface area contributed by atoms with Gasteiger partial charge in [-0.2, -0.15) is 0 Å². The van der Waals surface area contributed by atoms with Crippen molar-refractivity contribution in [2.45, 2.75) is 82.6 Å². The number of alkyl halides is 6. The number of halogens is 6. The van der Waals surface area contributed by atoms with E-state index >= 15 is 8.78 Å². The van der Waals surface area contributed by atoms with E-state index in [1.54, 1.807) is 23.1 Å². The minimum atomic E-state index is -3.75. The lowest BCUT2D eigenvalue weighted by Gasteiger charge is -2.47. The van der Waals surface area contributed by atoms with Crippen LogP contribution in [-0.2, 0) is 16.0 Å². The number of aliphatic carboxylic acids is 1. The van der Waals surface area contributed by atoms with E-state index in [0.717, 1.165) is 24.3 Å². The van der Waals surface area contributed by atoms with Gasteiger partial charge in [-0.1, -0.05) is 49.6 Å². The maximum absolute atomic E-state index is 16.1. The molecule has 3 aromatic rings. The molecule has 2 saturated heterocycles. The quantitative estimate of drug-likeness (QED) is 0.114. The van der Waals surface area contributed by atoms with Crippen LogP contribution in [0, 0.1) is 5.41 Å². The normalized spacial score (nSPS) is 17.7. The van der Waals surface area contributed by atoms with E-state index < -0.39 is 66.1 Å². The molecule has 1 N–H and O–H groups in total. The maximum Gasteiger partial charge on any atom is 0.326 e. The number of likely N-dealkylation sites (tertiary alicyclic amines) is 2. The molecule has 0 saturated carbocycles. The van der Waals surface area contributed by atoms with E-state index in [1.807, 2.05) is 30.3 Å². The summed E-state index contributed by atoms with van der Waals surface area (Å²) in [5.74, 6) is -11.2. The van der Waals surface area contributed by atoms with Crippen LogP contribution >= 0.6 is 0 Å². The average Bonchev–Trinajstić information content (AvgIpc) is 3.18. The molecule has 5 rings (SSSR count). The Hall–Kier alpha value is -4.56. The molecule has 14 heteroatoms. The van der Waals surface area contributed by atoms with Gasteiger partial charge in [-0.3, -0.25) is 14.6 Å². The van der Waals surface area contributed by atoms with Crippen molar-refractivity contribution in [3.05, 3.63) is 84.0 Å². The van der Waals surface area contributed by atoms with Crippen molar-refractivity contribution in [2.24, 2.45) is 5.41 Å². The fourth-order valence-corrected chi connectivity index (χ4v) is 8.68. The number of allylic oxidation sites excluding steroid dienone is 1. The van der Waals surface area contributed by atoms with E-state index in [-0.39, 0.29) is 37.5 Å². The number of carbonyl (C=O) groups excluding carboxylic acids is 1. The van der Waals surface area contributed by atoms with Crippen LogP contribution in [0.25, 0.3) is 21.9 Å². The summed E-state index contributed by atoms with van der Waals surface area (Å²) >= 11 is 0. The SMILES string of the molecule is C=C(C)C(F)(F)CN1CCC(c2cc(OC)c(-c3cccc4c(C[C@@H](C(=O)O)N(C)C(=O)C5(C(F)(F)C(=C)C)CCN(CC(C)(F)F)CC5)cccc34)c(OC)c2)CC1. The number of benzene rings is 3. The summed E-state index contributed by atoms with van der Waals surface area (Å²) in [6.45, 7) is 9.57. The van der Waals surface area contributed by atoms with Gasteiger partial charge in [0, 0.05) is 20.4 Å². The number of fused-ring (bicyclic) bond motifs is 1. The van der Waals surface area contributed by atoms with E-state index in [0.29, 0.717) is 64.9 Å². The Morgan fingerprint density at radius 2 is 1.41 bits per heavy atom. The molecule has 0 aromatic heterocycles. The molecule has 8 nitrogen and oxygen atoms in total. The largest absolute Gasteiger partial charge is 0.496 e. The number of hydrogen-bond acceptors (Lipinski definition) is 6. The summed E-state index contributed by atoms with van der Waals surface area (Å²) in [4.78, 5) is 31.2. The molecule has 0 unspecified atom stereocenters. The predicted molar refractivity (Wildman–Crippen MR) is 217 cm³/mol. The van der Waals surface area contributed by atoms with Crippen molar-refractivity contribution >= 4 is 22.6 Å². The Bertz CT molecular complexity index is 2030. The highest BCUT2D eigenvalue weighted by Crippen LogP contribution is 2.51. The molecule has 2 aliphatic heterocycles. The lowest BCUT2D eigenvalue weighted by Crippen LogP contribution is -2.61. The Morgan fingerprint density at radius 1 is 0.864 bits per heavy atom. The summed E-state index contributed by atoms with van der Waals surface area (Å²) in [6, 6.07) is 13.1. The summed E-state index contributed by atoms with van der Waals surface area (Å²) in [5.41, 5.74) is -0.301. The molecule has 0 aliphatic carbocycles. The molecule has 3 aromatic carbocycles. The summed E-state index contributed by atoms with van der Waals surface area (Å²) in [7, 11) is 4.27. The van der Waals surface area contributed by atoms with Crippen LogP contribution in [0.4, 0.5) is 26.3 Å². The number of carboxylic acid groups (broad SMARTS) is 1. The Morgan fingerprint density at radius 3 is 1.92 bits per heavy atom. The number of ether oxygens (including phenoxy) is 2. The monoisotopic (exact) mass is 831 g/mol. The van der Waals surface area contributed by atoms with E-state index in [4.69, 9.17) is 9.47 Å². The van der Waals surface area contributed by atoms with Crippen molar-refractivity contribution in [2.75, 3.05) is 60.5 Å². The minimum Gasteiger partial charge on any atom is -0.496 e. The number of carbonyl (C=O) groups is 2. The smallest absolute Gasteiger partial charge is 0.326 e. The predicted octanol–water partition coefficient (Wildman–Crippen LogP) is 9.32. The highest BCUT2D eigenvalue weighted by Gasteiger charge is 2.61. The zero-order valence-corrected chi connectivity index (χ0v) is 34.7. The van der Waals surface area contributed by atoms with Crippen molar-refractivity contribution in [1.82, 2.24) is 14.7 Å². The number of likely N-dealkylation sites (N-methyl/N-ethyl adjacent to an activating group) is 1. The maximum atomic E-state index is 16.1. The van der Waals surface area contributed by atoms with Crippen LogP contribution < -0.4 is 9.47 Å². The lowest BCUT2D eigenvalue weighted by molar-refractivity contribution is -0.178. The Balaban J connectivity index is 1.46. The third kappa shape index (κ3) is 9.43. The fourth-order valence-electron chi connectivity index (χ4n) is 8.68. The van der Waals surface area contributed by atoms with Gasteiger partial charge in [-0.05, 0) is 122 Å². The molecular weight excluding hydrogens is 776 g/mol.